The molecule has 0 fully saturated rings. The number of fused-ring (bicyclic) bond motifs is 6. The van der Waals surface area contributed by atoms with Crippen LogP contribution in [-0.4, -0.2) is 4.57 Å². The van der Waals surface area contributed by atoms with Crippen molar-refractivity contribution in [3.63, 3.8) is 0 Å². The third kappa shape index (κ3) is 5.51. The third-order valence-corrected chi connectivity index (χ3v) is 11.2. The molecule has 0 spiro atoms. The standard InChI is InChI=1S/C54H36N2O/c1-2-16-37(17-3-1)41-18-4-5-19-42(41)43-20-6-7-21-44(43)45-22-8-12-26-50(45)55(40-34-35-54-49(36-40)48-25-11-15-29-53(48)57-54)38-30-32-39(33-31-38)56-51-27-13-9-23-46(51)47-24-10-14-28-52(47)56/h1-36H. The first-order valence-corrected chi connectivity index (χ1v) is 19.4. The predicted octanol–water partition coefficient (Wildman–Crippen LogP) is 15.2. The molecule has 11 aromatic rings. The van der Waals surface area contributed by atoms with Crippen molar-refractivity contribution in [1.82, 2.24) is 4.57 Å². The number of hydrogen-bond acceptors (Lipinski definition) is 2. The van der Waals surface area contributed by atoms with Crippen LogP contribution in [0, 0.1) is 0 Å². The predicted molar refractivity (Wildman–Crippen MR) is 239 cm³/mol. The average molecular weight is 729 g/mol. The molecule has 3 nitrogen and oxygen atoms in total. The Morgan fingerprint density at radius 2 is 0.825 bits per heavy atom. The van der Waals surface area contributed by atoms with E-state index in [9.17, 15) is 0 Å². The fourth-order valence-electron chi connectivity index (χ4n) is 8.67. The minimum Gasteiger partial charge on any atom is -0.456 e. The lowest BCUT2D eigenvalue weighted by Gasteiger charge is -2.29. The number of benzene rings is 9. The minimum atomic E-state index is 0.873. The van der Waals surface area contributed by atoms with Gasteiger partial charge in [0.05, 0.1) is 16.7 Å². The van der Waals surface area contributed by atoms with Crippen LogP contribution in [0.4, 0.5) is 17.1 Å². The number of hydrogen-bond donors (Lipinski definition) is 0. The lowest BCUT2D eigenvalue weighted by molar-refractivity contribution is 0.669. The number of nitrogens with zero attached hydrogens (tertiary/aromatic N) is 2. The Balaban J connectivity index is 1.12. The summed E-state index contributed by atoms with van der Waals surface area (Å²) in [7, 11) is 0. The van der Waals surface area contributed by atoms with Crippen molar-refractivity contribution < 1.29 is 4.42 Å². The van der Waals surface area contributed by atoms with E-state index in [1.165, 1.54) is 49.6 Å². The number of rotatable bonds is 7. The smallest absolute Gasteiger partial charge is 0.135 e. The van der Waals surface area contributed by atoms with Crippen molar-refractivity contribution >= 4 is 60.8 Å². The van der Waals surface area contributed by atoms with Crippen LogP contribution in [0.25, 0.3) is 82.8 Å². The van der Waals surface area contributed by atoms with Crippen molar-refractivity contribution in [2.24, 2.45) is 0 Å². The SMILES string of the molecule is c1ccc(-c2ccccc2-c2ccccc2-c2ccccc2N(c2ccc(-n3c4ccccc4c4ccccc43)cc2)c2ccc3oc4ccccc4c3c2)cc1. The molecule has 268 valence electrons. The van der Waals surface area contributed by atoms with Crippen molar-refractivity contribution in [2.45, 2.75) is 0 Å². The van der Waals surface area contributed by atoms with Crippen LogP contribution in [0.5, 0.6) is 0 Å². The molecule has 11 rings (SSSR count). The molecule has 0 amide bonds. The molecule has 0 N–H and O–H groups in total. The van der Waals surface area contributed by atoms with E-state index in [2.05, 4.69) is 216 Å². The first-order chi connectivity index (χ1) is 28.3. The molecule has 2 heterocycles. The Hall–Kier alpha value is -7.62. The Morgan fingerprint density at radius 1 is 0.333 bits per heavy atom. The molecule has 0 aliphatic rings. The molecule has 0 aliphatic heterocycles. The van der Waals surface area contributed by atoms with Crippen LogP contribution in [0.2, 0.25) is 0 Å². The fraction of sp³-hybridized carbons (Fsp3) is 0. The van der Waals surface area contributed by atoms with E-state index >= 15 is 0 Å². The maximum Gasteiger partial charge on any atom is 0.135 e. The van der Waals surface area contributed by atoms with E-state index in [-0.39, 0.29) is 0 Å². The van der Waals surface area contributed by atoms with E-state index in [1.807, 2.05) is 12.1 Å². The van der Waals surface area contributed by atoms with E-state index in [4.69, 9.17) is 4.42 Å². The van der Waals surface area contributed by atoms with Gasteiger partial charge in [-0.3, -0.25) is 0 Å². The van der Waals surface area contributed by atoms with E-state index in [0.717, 1.165) is 50.3 Å². The zero-order valence-corrected chi connectivity index (χ0v) is 31.1. The summed E-state index contributed by atoms with van der Waals surface area (Å²) < 4.78 is 8.68. The van der Waals surface area contributed by atoms with Gasteiger partial charge in [0.1, 0.15) is 11.2 Å². The van der Waals surface area contributed by atoms with Crippen molar-refractivity contribution in [3.8, 4) is 39.1 Å². The Morgan fingerprint density at radius 3 is 1.53 bits per heavy atom. The van der Waals surface area contributed by atoms with Crippen LogP contribution in [-0.2, 0) is 0 Å². The zero-order chi connectivity index (χ0) is 37.7. The number of anilines is 3. The highest BCUT2D eigenvalue weighted by molar-refractivity contribution is 6.10. The van der Waals surface area contributed by atoms with Crippen molar-refractivity contribution in [3.05, 3.63) is 218 Å². The topological polar surface area (TPSA) is 21.3 Å². The number of para-hydroxylation sites is 4. The summed E-state index contributed by atoms with van der Waals surface area (Å²) in [5.41, 5.74) is 15.5. The van der Waals surface area contributed by atoms with Gasteiger partial charge in [0, 0.05) is 44.2 Å². The summed E-state index contributed by atoms with van der Waals surface area (Å²) in [6.45, 7) is 0. The molecule has 0 saturated carbocycles. The lowest BCUT2D eigenvalue weighted by atomic mass is 9.88. The summed E-state index contributed by atoms with van der Waals surface area (Å²) in [5, 5.41) is 4.69. The monoisotopic (exact) mass is 728 g/mol. The van der Waals surface area contributed by atoms with Gasteiger partial charge >= 0.3 is 0 Å². The average Bonchev–Trinajstić information content (AvgIpc) is 3.83. The summed E-state index contributed by atoms with van der Waals surface area (Å²) in [4.78, 5) is 2.39. The molecule has 0 bridgehead atoms. The molecule has 3 heteroatoms. The molecule has 0 radical (unpaired) electrons. The quantitative estimate of drug-likeness (QED) is 0.163. The van der Waals surface area contributed by atoms with Gasteiger partial charge in [0.15, 0.2) is 0 Å². The largest absolute Gasteiger partial charge is 0.456 e. The van der Waals surface area contributed by atoms with Crippen molar-refractivity contribution in [1.29, 1.82) is 0 Å². The first-order valence-electron chi connectivity index (χ1n) is 19.4. The van der Waals surface area contributed by atoms with Gasteiger partial charge in [-0.2, -0.15) is 0 Å². The van der Waals surface area contributed by atoms with Gasteiger partial charge in [-0.25, -0.2) is 0 Å². The zero-order valence-electron chi connectivity index (χ0n) is 31.1. The minimum absolute atomic E-state index is 0.873. The maximum atomic E-state index is 6.31. The van der Waals surface area contributed by atoms with E-state index in [0.29, 0.717) is 0 Å². The number of furan rings is 1. The molecule has 2 aromatic heterocycles. The van der Waals surface area contributed by atoms with Gasteiger partial charge in [-0.05, 0) is 94.5 Å². The highest BCUT2D eigenvalue weighted by Crippen LogP contribution is 2.46. The first kappa shape index (κ1) is 32.8. The molecular weight excluding hydrogens is 693 g/mol. The Bertz CT molecular complexity index is 3190. The molecule has 0 atom stereocenters. The third-order valence-electron chi connectivity index (χ3n) is 11.2. The van der Waals surface area contributed by atoms with Gasteiger partial charge in [-0.15, -0.1) is 0 Å². The second-order valence-corrected chi connectivity index (χ2v) is 14.5. The lowest BCUT2D eigenvalue weighted by Crippen LogP contribution is -2.11. The maximum absolute atomic E-state index is 6.31. The molecule has 0 unspecified atom stereocenters. The molecule has 57 heavy (non-hydrogen) atoms. The second-order valence-electron chi connectivity index (χ2n) is 14.5. The number of aromatic nitrogens is 1. The summed E-state index contributed by atoms with van der Waals surface area (Å²) >= 11 is 0. The van der Waals surface area contributed by atoms with Gasteiger partial charge in [-0.1, -0.05) is 152 Å². The second kappa shape index (κ2) is 13.6. The Kier molecular flexibility index (Phi) is 7.82. The highest BCUT2D eigenvalue weighted by Gasteiger charge is 2.22. The van der Waals surface area contributed by atoms with Crippen molar-refractivity contribution in [2.75, 3.05) is 4.90 Å². The van der Waals surface area contributed by atoms with Crippen LogP contribution in [0.15, 0.2) is 223 Å². The van der Waals surface area contributed by atoms with Gasteiger partial charge < -0.3 is 13.9 Å². The summed E-state index contributed by atoms with van der Waals surface area (Å²) in [6, 6.07) is 78.2. The van der Waals surface area contributed by atoms with Gasteiger partial charge in [0.2, 0.25) is 0 Å². The van der Waals surface area contributed by atoms with Crippen LogP contribution in [0.1, 0.15) is 0 Å². The fourth-order valence-corrected chi connectivity index (χ4v) is 8.67. The van der Waals surface area contributed by atoms with Crippen LogP contribution >= 0.6 is 0 Å². The normalized spacial score (nSPS) is 11.5. The Labute approximate surface area is 330 Å². The summed E-state index contributed by atoms with van der Waals surface area (Å²) in [5.74, 6) is 0. The van der Waals surface area contributed by atoms with Crippen LogP contribution < -0.4 is 4.90 Å². The highest BCUT2D eigenvalue weighted by atomic mass is 16.3. The molecular formula is C54H36N2O. The van der Waals surface area contributed by atoms with Gasteiger partial charge in [0.25, 0.3) is 0 Å². The molecule has 9 aromatic carbocycles. The van der Waals surface area contributed by atoms with E-state index < -0.39 is 0 Å². The van der Waals surface area contributed by atoms with E-state index in [1.54, 1.807) is 0 Å². The molecule has 0 aliphatic carbocycles. The summed E-state index contributed by atoms with van der Waals surface area (Å²) in [6.07, 6.45) is 0. The molecule has 0 saturated heterocycles. The van der Waals surface area contributed by atoms with Crippen LogP contribution in [0.3, 0.4) is 0 Å².